The van der Waals surface area contributed by atoms with Crippen molar-refractivity contribution in [1.29, 1.82) is 0 Å². The van der Waals surface area contributed by atoms with Gasteiger partial charge in [-0.05, 0) is 38.0 Å². The van der Waals surface area contributed by atoms with Crippen molar-refractivity contribution >= 4 is 11.9 Å². The third kappa shape index (κ3) is 3.24. The average Bonchev–Trinajstić information content (AvgIpc) is 2.33. The smallest absolute Gasteiger partial charge is 0.306 e. The first-order valence-corrected chi connectivity index (χ1v) is 6.36. The van der Waals surface area contributed by atoms with Gasteiger partial charge in [-0.2, -0.15) is 0 Å². The highest BCUT2D eigenvalue weighted by Crippen LogP contribution is 2.27. The molecule has 0 bridgehead atoms. The van der Waals surface area contributed by atoms with Gasteiger partial charge in [0.05, 0.1) is 12.5 Å². The number of carboxylic acids is 1. The maximum atomic E-state index is 12.0. The molecule has 1 saturated carbocycles. The van der Waals surface area contributed by atoms with Crippen LogP contribution in [0.5, 0.6) is 5.75 Å². The molecule has 1 fully saturated rings. The van der Waals surface area contributed by atoms with Crippen molar-refractivity contribution in [1.82, 2.24) is 5.32 Å². The van der Waals surface area contributed by atoms with Gasteiger partial charge in [-0.15, -0.1) is 0 Å². The number of ether oxygens (including phenoxy) is 1. The Balaban J connectivity index is 1.90. The molecule has 1 aromatic rings. The Kier molecular flexibility index (Phi) is 4.04. The van der Waals surface area contributed by atoms with Crippen LogP contribution in [0.15, 0.2) is 24.3 Å². The summed E-state index contributed by atoms with van der Waals surface area (Å²) in [6.07, 6.45) is 1.01. The topological polar surface area (TPSA) is 75.6 Å². The first-order chi connectivity index (χ1) is 9.10. The van der Waals surface area contributed by atoms with Crippen LogP contribution >= 0.6 is 0 Å². The molecule has 0 aromatic heterocycles. The molecular weight excluding hydrogens is 246 g/mol. The lowest BCUT2D eigenvalue weighted by Crippen LogP contribution is -2.46. The van der Waals surface area contributed by atoms with E-state index in [1.165, 1.54) is 0 Å². The van der Waals surface area contributed by atoms with Crippen LogP contribution in [0.2, 0.25) is 0 Å². The molecule has 1 aromatic carbocycles. The Morgan fingerprint density at radius 2 is 2.16 bits per heavy atom. The minimum atomic E-state index is -0.788. The van der Waals surface area contributed by atoms with Crippen LogP contribution in [-0.4, -0.2) is 29.6 Å². The van der Waals surface area contributed by atoms with Gasteiger partial charge in [0.25, 0.3) is 5.91 Å². The van der Waals surface area contributed by atoms with E-state index < -0.39 is 5.97 Å². The Morgan fingerprint density at radius 1 is 1.42 bits per heavy atom. The Bertz CT molecular complexity index is 480. The van der Waals surface area contributed by atoms with Gasteiger partial charge in [-0.25, -0.2) is 0 Å². The molecule has 0 spiro atoms. The van der Waals surface area contributed by atoms with Gasteiger partial charge >= 0.3 is 5.97 Å². The molecule has 0 aliphatic heterocycles. The SMILES string of the molecule is CCOc1cccc(C(=O)NC2CC(C(=O)O)C2)c1. The van der Waals surface area contributed by atoms with Gasteiger partial charge in [-0.3, -0.25) is 9.59 Å². The number of hydrogen-bond donors (Lipinski definition) is 2. The largest absolute Gasteiger partial charge is 0.494 e. The molecule has 19 heavy (non-hydrogen) atoms. The van der Waals surface area contributed by atoms with E-state index in [2.05, 4.69) is 5.32 Å². The van der Waals surface area contributed by atoms with E-state index >= 15 is 0 Å². The normalized spacial score (nSPS) is 21.3. The fourth-order valence-corrected chi connectivity index (χ4v) is 2.10. The second-order valence-electron chi connectivity index (χ2n) is 4.64. The van der Waals surface area contributed by atoms with Crippen molar-refractivity contribution in [3.63, 3.8) is 0 Å². The molecule has 0 unspecified atom stereocenters. The number of rotatable bonds is 5. The molecule has 1 aliphatic rings. The van der Waals surface area contributed by atoms with Crippen molar-refractivity contribution in [2.24, 2.45) is 5.92 Å². The molecule has 0 heterocycles. The van der Waals surface area contributed by atoms with Crippen LogP contribution in [0, 0.1) is 5.92 Å². The summed E-state index contributed by atoms with van der Waals surface area (Å²) < 4.78 is 5.33. The second-order valence-corrected chi connectivity index (χ2v) is 4.64. The molecule has 5 nitrogen and oxygen atoms in total. The third-order valence-electron chi connectivity index (χ3n) is 3.23. The van der Waals surface area contributed by atoms with Crippen LogP contribution in [0.1, 0.15) is 30.1 Å². The lowest BCUT2D eigenvalue weighted by atomic mass is 9.80. The minimum absolute atomic E-state index is 0.0376. The van der Waals surface area contributed by atoms with E-state index in [1.807, 2.05) is 6.92 Å². The van der Waals surface area contributed by atoms with Crippen molar-refractivity contribution < 1.29 is 19.4 Å². The van der Waals surface area contributed by atoms with Gasteiger partial charge in [0.15, 0.2) is 0 Å². The summed E-state index contributed by atoms with van der Waals surface area (Å²) in [5.41, 5.74) is 0.532. The molecule has 2 rings (SSSR count). The fraction of sp³-hybridized carbons (Fsp3) is 0.429. The second kappa shape index (κ2) is 5.73. The van der Waals surface area contributed by atoms with E-state index in [0.29, 0.717) is 30.8 Å². The van der Waals surface area contributed by atoms with Gasteiger partial charge < -0.3 is 15.2 Å². The van der Waals surface area contributed by atoms with Crippen molar-refractivity contribution in [3.8, 4) is 5.75 Å². The zero-order chi connectivity index (χ0) is 13.8. The molecule has 0 saturated heterocycles. The number of nitrogens with one attached hydrogen (secondary N) is 1. The number of amides is 1. The van der Waals surface area contributed by atoms with Gasteiger partial charge in [-0.1, -0.05) is 6.07 Å². The van der Waals surface area contributed by atoms with Crippen molar-refractivity contribution in [2.75, 3.05) is 6.61 Å². The summed E-state index contributed by atoms with van der Waals surface area (Å²) in [6, 6.07) is 6.92. The van der Waals surface area contributed by atoms with Crippen LogP contribution in [-0.2, 0) is 4.79 Å². The highest BCUT2D eigenvalue weighted by molar-refractivity contribution is 5.95. The van der Waals surface area contributed by atoms with E-state index in [1.54, 1.807) is 24.3 Å². The molecule has 5 heteroatoms. The number of carbonyl (C=O) groups is 2. The first-order valence-electron chi connectivity index (χ1n) is 6.36. The molecule has 102 valence electrons. The summed E-state index contributed by atoms with van der Waals surface area (Å²) in [7, 11) is 0. The van der Waals surface area contributed by atoms with Crippen LogP contribution < -0.4 is 10.1 Å². The molecular formula is C14H17NO4. The van der Waals surface area contributed by atoms with Crippen molar-refractivity contribution in [3.05, 3.63) is 29.8 Å². The third-order valence-corrected chi connectivity index (χ3v) is 3.23. The summed E-state index contributed by atoms with van der Waals surface area (Å²) in [6.45, 7) is 2.43. The van der Waals surface area contributed by atoms with E-state index in [9.17, 15) is 9.59 Å². The summed E-state index contributed by atoms with van der Waals surface area (Å²) in [5, 5.41) is 11.6. The predicted molar refractivity (Wildman–Crippen MR) is 69.2 cm³/mol. The standard InChI is InChI=1S/C14H17NO4/c1-2-19-12-5-3-4-9(8-12)13(16)15-11-6-10(7-11)14(17)18/h3-5,8,10-11H,2,6-7H2,1H3,(H,15,16)(H,17,18). The number of carbonyl (C=O) groups excluding carboxylic acids is 1. The highest BCUT2D eigenvalue weighted by Gasteiger charge is 2.35. The summed E-state index contributed by atoms with van der Waals surface area (Å²) in [4.78, 5) is 22.6. The maximum Gasteiger partial charge on any atom is 0.306 e. The van der Waals surface area contributed by atoms with E-state index in [0.717, 1.165) is 0 Å². The summed E-state index contributed by atoms with van der Waals surface area (Å²) in [5.74, 6) is -0.633. The zero-order valence-corrected chi connectivity index (χ0v) is 10.8. The molecule has 1 aliphatic carbocycles. The maximum absolute atomic E-state index is 12.0. The van der Waals surface area contributed by atoms with Gasteiger partial charge in [0, 0.05) is 11.6 Å². The summed E-state index contributed by atoms with van der Waals surface area (Å²) >= 11 is 0. The lowest BCUT2D eigenvalue weighted by Gasteiger charge is -2.32. The Labute approximate surface area is 111 Å². The fourth-order valence-electron chi connectivity index (χ4n) is 2.10. The lowest BCUT2D eigenvalue weighted by molar-refractivity contribution is -0.145. The highest BCUT2D eigenvalue weighted by atomic mass is 16.5. The Morgan fingerprint density at radius 3 is 2.79 bits per heavy atom. The van der Waals surface area contributed by atoms with Gasteiger partial charge in [0.2, 0.25) is 0 Å². The molecule has 1 amide bonds. The first kappa shape index (κ1) is 13.4. The molecule has 0 atom stereocenters. The number of aliphatic carboxylic acids is 1. The van der Waals surface area contributed by atoms with E-state index in [-0.39, 0.29) is 17.9 Å². The minimum Gasteiger partial charge on any atom is -0.494 e. The number of hydrogen-bond acceptors (Lipinski definition) is 3. The number of benzene rings is 1. The van der Waals surface area contributed by atoms with Gasteiger partial charge in [0.1, 0.15) is 5.75 Å². The van der Waals surface area contributed by atoms with Crippen molar-refractivity contribution in [2.45, 2.75) is 25.8 Å². The molecule has 0 radical (unpaired) electrons. The van der Waals surface area contributed by atoms with E-state index in [4.69, 9.17) is 9.84 Å². The Hall–Kier alpha value is -2.04. The van der Waals surface area contributed by atoms with Crippen LogP contribution in [0.25, 0.3) is 0 Å². The molecule has 2 N–H and O–H groups in total. The van der Waals surface area contributed by atoms with Crippen LogP contribution in [0.3, 0.4) is 0 Å². The quantitative estimate of drug-likeness (QED) is 0.847. The van der Waals surface area contributed by atoms with Crippen LogP contribution in [0.4, 0.5) is 0 Å². The zero-order valence-electron chi connectivity index (χ0n) is 10.8. The number of carboxylic acid groups (broad SMARTS) is 1. The monoisotopic (exact) mass is 263 g/mol. The predicted octanol–water partition coefficient (Wildman–Crippen LogP) is 1.68. The average molecular weight is 263 g/mol.